The average molecular weight is 583 g/mol. The lowest BCUT2D eigenvalue weighted by atomic mass is 9.94. The molecule has 1 atom stereocenters. The number of amides is 3. The fraction of sp³-hybridized carbons (Fsp3) is 0.219. The molecule has 10 heteroatoms. The number of aromatic amines is 1. The smallest absolute Gasteiger partial charge is 0.251 e. The van der Waals surface area contributed by atoms with E-state index in [1.54, 1.807) is 6.07 Å². The van der Waals surface area contributed by atoms with E-state index in [2.05, 4.69) is 10.3 Å². The molecule has 216 valence electrons. The Morgan fingerprint density at radius 2 is 1.76 bits per heavy atom. The van der Waals surface area contributed by atoms with Crippen LogP contribution < -0.4 is 21.7 Å². The zero-order chi connectivity index (χ0) is 30.0. The molecule has 4 aromatic rings. The summed E-state index contributed by atoms with van der Waals surface area (Å²) >= 11 is 1.37. The number of hydrogen-bond acceptors (Lipinski definition) is 6. The van der Waals surface area contributed by atoms with Crippen LogP contribution in [0.3, 0.4) is 0 Å². The van der Waals surface area contributed by atoms with Crippen LogP contribution in [0.2, 0.25) is 0 Å². The number of carbonyl (C=O) groups excluding carboxylic acids is 3. The standard InChI is InChI=1S/C32H34N6O3S/c1-19-21(9-6-10-27(19)38-15-16-42-32(38)31(34)41)23-11-12-24(30(33)40)29-25(23)17-26(36-29)22-8-5-4-7-20(22)18-35-28(39)13-14-37(2)3/h4-12,15-17,32,36H,13-14,18H2,1-3H3,(H2,33,40)(H2,34,41)(H,35,39). The summed E-state index contributed by atoms with van der Waals surface area (Å²) in [6, 6.07) is 19.4. The van der Waals surface area contributed by atoms with Gasteiger partial charge in [-0.2, -0.15) is 0 Å². The van der Waals surface area contributed by atoms with Crippen molar-refractivity contribution in [3.63, 3.8) is 0 Å². The number of nitrogens with one attached hydrogen (secondary N) is 2. The first-order valence-electron chi connectivity index (χ1n) is 13.6. The third-order valence-electron chi connectivity index (χ3n) is 7.43. The van der Waals surface area contributed by atoms with E-state index < -0.39 is 17.2 Å². The molecule has 0 radical (unpaired) electrons. The Morgan fingerprint density at radius 3 is 2.50 bits per heavy atom. The summed E-state index contributed by atoms with van der Waals surface area (Å²) in [5, 5.41) is 5.20. The normalized spacial score (nSPS) is 14.6. The molecule has 0 saturated carbocycles. The van der Waals surface area contributed by atoms with Crippen molar-refractivity contribution in [1.82, 2.24) is 15.2 Å². The first-order chi connectivity index (χ1) is 20.2. The summed E-state index contributed by atoms with van der Waals surface area (Å²) < 4.78 is 0. The van der Waals surface area contributed by atoms with Gasteiger partial charge in [-0.3, -0.25) is 14.4 Å². The molecule has 0 saturated heterocycles. The SMILES string of the molecule is Cc1c(-c2ccc(C(N)=O)c3[nH]c(-c4ccccc4CNC(=O)CCN(C)C)cc23)cccc1N1C=CSC1C(N)=O. The molecule has 0 fully saturated rings. The highest BCUT2D eigenvalue weighted by Gasteiger charge is 2.28. The highest BCUT2D eigenvalue weighted by atomic mass is 32.2. The number of anilines is 1. The van der Waals surface area contributed by atoms with Crippen LogP contribution in [0.25, 0.3) is 33.3 Å². The van der Waals surface area contributed by atoms with Gasteiger partial charge in [-0.15, -0.1) is 0 Å². The number of carbonyl (C=O) groups is 3. The summed E-state index contributed by atoms with van der Waals surface area (Å²) in [7, 11) is 3.87. The third-order valence-corrected chi connectivity index (χ3v) is 8.42. The number of H-pyrrole nitrogens is 1. The van der Waals surface area contributed by atoms with Gasteiger partial charge in [-0.25, -0.2) is 0 Å². The first-order valence-corrected chi connectivity index (χ1v) is 14.5. The van der Waals surface area contributed by atoms with Crippen molar-refractivity contribution < 1.29 is 14.4 Å². The minimum Gasteiger partial charge on any atom is -0.367 e. The van der Waals surface area contributed by atoms with Gasteiger partial charge in [0.25, 0.3) is 11.8 Å². The second kappa shape index (κ2) is 12.1. The molecule has 1 aromatic heterocycles. The number of hydrogen-bond donors (Lipinski definition) is 4. The van der Waals surface area contributed by atoms with Crippen LogP contribution in [-0.4, -0.2) is 53.6 Å². The number of primary amides is 2. The van der Waals surface area contributed by atoms with Gasteiger partial charge in [0.15, 0.2) is 5.37 Å². The average Bonchev–Trinajstić information content (AvgIpc) is 3.63. The number of benzene rings is 3. The molecule has 0 bridgehead atoms. The van der Waals surface area contributed by atoms with Gasteiger partial charge in [0.05, 0.1) is 11.1 Å². The molecule has 3 amide bonds. The van der Waals surface area contributed by atoms with Gasteiger partial charge in [-0.1, -0.05) is 54.2 Å². The minimum atomic E-state index is -0.532. The van der Waals surface area contributed by atoms with Crippen LogP contribution >= 0.6 is 11.8 Å². The van der Waals surface area contributed by atoms with Crippen molar-refractivity contribution in [3.05, 3.63) is 89.0 Å². The van der Waals surface area contributed by atoms with Gasteiger partial charge in [0.1, 0.15) is 0 Å². The van der Waals surface area contributed by atoms with Crippen molar-refractivity contribution >= 4 is 46.1 Å². The van der Waals surface area contributed by atoms with Crippen LogP contribution in [0, 0.1) is 6.92 Å². The first kappa shape index (κ1) is 29.0. The highest BCUT2D eigenvalue weighted by Crippen LogP contribution is 2.40. The number of thioether (sulfide) groups is 1. The van der Waals surface area contributed by atoms with E-state index >= 15 is 0 Å². The lowest BCUT2D eigenvalue weighted by molar-refractivity contribution is -0.121. The van der Waals surface area contributed by atoms with E-state index in [1.165, 1.54) is 11.8 Å². The minimum absolute atomic E-state index is 0.0198. The number of rotatable bonds is 10. The van der Waals surface area contributed by atoms with Crippen LogP contribution in [0.4, 0.5) is 5.69 Å². The Hall–Kier alpha value is -4.54. The van der Waals surface area contributed by atoms with E-state index in [4.69, 9.17) is 11.5 Å². The molecule has 0 spiro atoms. The van der Waals surface area contributed by atoms with Crippen LogP contribution in [-0.2, 0) is 16.1 Å². The molecule has 1 unspecified atom stereocenters. The molecule has 9 nitrogen and oxygen atoms in total. The maximum Gasteiger partial charge on any atom is 0.251 e. The fourth-order valence-corrected chi connectivity index (χ4v) is 6.07. The largest absolute Gasteiger partial charge is 0.367 e. The molecule has 0 aliphatic carbocycles. The quantitative estimate of drug-likeness (QED) is 0.220. The Bertz CT molecular complexity index is 1710. The molecular weight excluding hydrogens is 548 g/mol. The fourth-order valence-electron chi connectivity index (χ4n) is 5.27. The van der Waals surface area contributed by atoms with Gasteiger partial charge >= 0.3 is 0 Å². The molecule has 42 heavy (non-hydrogen) atoms. The van der Waals surface area contributed by atoms with E-state index in [0.717, 1.165) is 44.6 Å². The molecular formula is C32H34N6O3S. The number of aromatic nitrogens is 1. The maximum absolute atomic E-state index is 12.4. The zero-order valence-corrected chi connectivity index (χ0v) is 24.6. The van der Waals surface area contributed by atoms with E-state index in [9.17, 15) is 14.4 Å². The Labute approximate surface area is 248 Å². The van der Waals surface area contributed by atoms with Crippen molar-refractivity contribution in [3.8, 4) is 22.4 Å². The van der Waals surface area contributed by atoms with E-state index in [1.807, 2.05) is 97.0 Å². The second-order valence-corrected chi connectivity index (χ2v) is 11.5. The molecule has 2 heterocycles. The monoisotopic (exact) mass is 582 g/mol. The van der Waals surface area contributed by atoms with Crippen LogP contribution in [0.1, 0.15) is 27.9 Å². The molecule has 1 aliphatic heterocycles. The Morgan fingerprint density at radius 1 is 1.00 bits per heavy atom. The van der Waals surface area contributed by atoms with Gasteiger partial charge < -0.3 is 31.6 Å². The van der Waals surface area contributed by atoms with Crippen LogP contribution in [0.15, 0.2) is 72.3 Å². The topological polar surface area (TPSA) is 138 Å². The lowest BCUT2D eigenvalue weighted by Crippen LogP contribution is -2.37. The third kappa shape index (κ3) is 5.77. The Kier molecular flexibility index (Phi) is 8.37. The van der Waals surface area contributed by atoms with Gasteiger partial charge in [-0.05, 0) is 66.9 Å². The van der Waals surface area contributed by atoms with Crippen molar-refractivity contribution in [2.24, 2.45) is 11.5 Å². The number of fused-ring (bicyclic) bond motifs is 1. The van der Waals surface area contributed by atoms with Crippen molar-refractivity contribution in [2.45, 2.75) is 25.3 Å². The molecule has 3 aromatic carbocycles. The zero-order valence-electron chi connectivity index (χ0n) is 23.8. The summed E-state index contributed by atoms with van der Waals surface area (Å²) in [6.45, 7) is 3.05. The van der Waals surface area contributed by atoms with Crippen molar-refractivity contribution in [2.75, 3.05) is 25.5 Å². The van der Waals surface area contributed by atoms with Gasteiger partial charge in [0.2, 0.25) is 5.91 Å². The lowest BCUT2D eigenvalue weighted by Gasteiger charge is -2.25. The number of nitrogens with zero attached hydrogens (tertiary/aromatic N) is 2. The number of nitrogens with two attached hydrogens (primary N) is 2. The molecule has 5 rings (SSSR count). The predicted molar refractivity (Wildman–Crippen MR) is 170 cm³/mol. The van der Waals surface area contributed by atoms with E-state index in [0.29, 0.717) is 30.6 Å². The second-order valence-electron chi connectivity index (χ2n) is 10.5. The summed E-state index contributed by atoms with van der Waals surface area (Å²) in [4.78, 5) is 44.2. The van der Waals surface area contributed by atoms with Crippen molar-refractivity contribution in [1.29, 1.82) is 0 Å². The van der Waals surface area contributed by atoms with Crippen LogP contribution in [0.5, 0.6) is 0 Å². The predicted octanol–water partition coefficient (Wildman–Crippen LogP) is 4.31. The highest BCUT2D eigenvalue weighted by molar-refractivity contribution is 8.03. The summed E-state index contributed by atoms with van der Waals surface area (Å²) in [5.41, 5.74) is 18.8. The van der Waals surface area contributed by atoms with Gasteiger partial charge in [0, 0.05) is 48.0 Å². The summed E-state index contributed by atoms with van der Waals surface area (Å²) in [6.07, 6.45) is 2.28. The summed E-state index contributed by atoms with van der Waals surface area (Å²) in [5.74, 6) is -0.963. The molecule has 1 aliphatic rings. The maximum atomic E-state index is 12.4. The molecule has 6 N–H and O–H groups in total. The van der Waals surface area contributed by atoms with E-state index in [-0.39, 0.29) is 5.91 Å². The Balaban J connectivity index is 1.57.